The monoisotopic (exact) mass is 295 g/mol. The van der Waals surface area contributed by atoms with Crippen molar-refractivity contribution in [2.75, 3.05) is 38.8 Å². The van der Waals surface area contributed by atoms with E-state index in [1.807, 2.05) is 0 Å². The number of carbonyl (C=O) groups excluding carboxylic acids is 1. The van der Waals surface area contributed by atoms with Gasteiger partial charge in [0.15, 0.2) is 0 Å². The largest absolute Gasteiger partial charge is 0.382 e. The topological polar surface area (TPSA) is 47.6 Å². The predicted molar refractivity (Wildman–Crippen MR) is 67.9 cm³/mol. The van der Waals surface area contributed by atoms with Crippen LogP contribution in [0.5, 0.6) is 0 Å². The summed E-state index contributed by atoms with van der Waals surface area (Å²) < 4.78 is 9.92. The summed E-state index contributed by atoms with van der Waals surface area (Å²) in [4.78, 5) is 11.3. The van der Waals surface area contributed by atoms with Gasteiger partial charge in [0.25, 0.3) is 0 Å². The molecular formula is C11H22BrNO3. The number of hydrogen-bond acceptors (Lipinski definition) is 3. The molecule has 0 aromatic heterocycles. The first-order valence-corrected chi connectivity index (χ1v) is 6.76. The third kappa shape index (κ3) is 9.12. The maximum Gasteiger partial charge on any atom is 0.246 e. The van der Waals surface area contributed by atoms with Crippen LogP contribution in [0.15, 0.2) is 0 Å². The van der Waals surface area contributed by atoms with Gasteiger partial charge in [-0.2, -0.15) is 0 Å². The van der Waals surface area contributed by atoms with Crippen molar-refractivity contribution in [2.45, 2.75) is 19.8 Å². The molecule has 0 aliphatic carbocycles. The fourth-order valence-electron chi connectivity index (χ4n) is 1.22. The molecule has 0 aliphatic rings. The van der Waals surface area contributed by atoms with Crippen LogP contribution in [-0.2, 0) is 14.3 Å². The number of rotatable bonds is 10. The van der Waals surface area contributed by atoms with E-state index in [0.29, 0.717) is 19.1 Å². The quantitative estimate of drug-likeness (QED) is 0.492. The normalized spacial score (nSPS) is 12.4. The zero-order chi connectivity index (χ0) is 12.2. The molecule has 1 N–H and O–H groups in total. The number of nitrogens with one attached hydrogen (secondary N) is 1. The number of amides is 1. The zero-order valence-corrected chi connectivity index (χ0v) is 11.7. The Morgan fingerprint density at radius 1 is 1.44 bits per heavy atom. The molecule has 0 aromatic rings. The fourth-order valence-corrected chi connectivity index (χ4v) is 1.87. The van der Waals surface area contributed by atoms with Crippen molar-refractivity contribution in [2.24, 2.45) is 5.92 Å². The third-order valence-electron chi connectivity index (χ3n) is 2.35. The maximum atomic E-state index is 11.3. The number of alkyl halides is 1. The number of methoxy groups -OCH3 is 1. The number of ether oxygens (including phenoxy) is 2. The molecule has 0 bridgehead atoms. The SMILES string of the molecule is CCC(CCBr)CNC(=O)COCCOC. The van der Waals surface area contributed by atoms with E-state index in [1.54, 1.807) is 7.11 Å². The highest BCUT2D eigenvalue weighted by molar-refractivity contribution is 9.09. The van der Waals surface area contributed by atoms with Crippen molar-refractivity contribution in [1.82, 2.24) is 5.32 Å². The molecule has 96 valence electrons. The standard InChI is InChI=1S/C11H22BrNO3/c1-3-10(4-5-12)8-13-11(14)9-16-7-6-15-2/h10H,3-9H2,1-2H3,(H,13,14). The molecule has 16 heavy (non-hydrogen) atoms. The lowest BCUT2D eigenvalue weighted by Crippen LogP contribution is -2.32. The summed E-state index contributed by atoms with van der Waals surface area (Å²) in [5, 5.41) is 3.85. The second kappa shape index (κ2) is 11.4. The minimum Gasteiger partial charge on any atom is -0.382 e. The highest BCUT2D eigenvalue weighted by Crippen LogP contribution is 2.08. The lowest BCUT2D eigenvalue weighted by molar-refractivity contribution is -0.126. The highest BCUT2D eigenvalue weighted by Gasteiger charge is 2.07. The summed E-state index contributed by atoms with van der Waals surface area (Å²) >= 11 is 3.41. The van der Waals surface area contributed by atoms with Gasteiger partial charge in [0.05, 0.1) is 13.2 Å². The third-order valence-corrected chi connectivity index (χ3v) is 2.81. The fraction of sp³-hybridized carbons (Fsp3) is 0.909. The van der Waals surface area contributed by atoms with Gasteiger partial charge in [0.2, 0.25) is 5.91 Å². The molecular weight excluding hydrogens is 274 g/mol. The van der Waals surface area contributed by atoms with Crippen LogP contribution in [0.3, 0.4) is 0 Å². The molecule has 1 atom stereocenters. The summed E-state index contributed by atoms with van der Waals surface area (Å²) in [6.07, 6.45) is 2.16. The van der Waals surface area contributed by atoms with Crippen molar-refractivity contribution in [3.63, 3.8) is 0 Å². The van der Waals surface area contributed by atoms with Crippen LogP contribution in [-0.4, -0.2) is 44.7 Å². The van der Waals surface area contributed by atoms with Crippen LogP contribution in [0.1, 0.15) is 19.8 Å². The van der Waals surface area contributed by atoms with E-state index < -0.39 is 0 Å². The number of hydrogen-bond donors (Lipinski definition) is 1. The molecule has 0 aliphatic heterocycles. The number of carbonyl (C=O) groups is 1. The van der Waals surface area contributed by atoms with Crippen LogP contribution in [0.4, 0.5) is 0 Å². The highest BCUT2D eigenvalue weighted by atomic mass is 79.9. The summed E-state index contributed by atoms with van der Waals surface area (Å²) in [7, 11) is 1.61. The lowest BCUT2D eigenvalue weighted by Gasteiger charge is -2.14. The van der Waals surface area contributed by atoms with E-state index in [4.69, 9.17) is 9.47 Å². The molecule has 1 amide bonds. The Morgan fingerprint density at radius 2 is 2.19 bits per heavy atom. The van der Waals surface area contributed by atoms with Gasteiger partial charge >= 0.3 is 0 Å². The van der Waals surface area contributed by atoms with Crippen molar-refractivity contribution in [3.05, 3.63) is 0 Å². The summed E-state index contributed by atoms with van der Waals surface area (Å²) in [6.45, 7) is 3.97. The second-order valence-corrected chi connectivity index (χ2v) is 4.39. The maximum absolute atomic E-state index is 11.3. The molecule has 0 saturated heterocycles. The van der Waals surface area contributed by atoms with Gasteiger partial charge < -0.3 is 14.8 Å². The lowest BCUT2D eigenvalue weighted by atomic mass is 10.0. The predicted octanol–water partition coefficient (Wildman–Crippen LogP) is 1.58. The Hall–Kier alpha value is -0.130. The van der Waals surface area contributed by atoms with E-state index in [0.717, 1.165) is 24.7 Å². The van der Waals surface area contributed by atoms with Crippen LogP contribution in [0.25, 0.3) is 0 Å². The van der Waals surface area contributed by atoms with Crippen LogP contribution in [0, 0.1) is 5.92 Å². The molecule has 4 nitrogen and oxygen atoms in total. The van der Waals surface area contributed by atoms with Gasteiger partial charge in [-0.1, -0.05) is 29.3 Å². The van der Waals surface area contributed by atoms with Gasteiger partial charge in [0, 0.05) is 19.0 Å². The Kier molecular flexibility index (Phi) is 11.3. The van der Waals surface area contributed by atoms with Crippen molar-refractivity contribution < 1.29 is 14.3 Å². The van der Waals surface area contributed by atoms with Crippen LogP contribution >= 0.6 is 15.9 Å². The Morgan fingerprint density at radius 3 is 2.75 bits per heavy atom. The summed E-state index contributed by atoms with van der Waals surface area (Å²) in [5.41, 5.74) is 0. The van der Waals surface area contributed by atoms with Crippen LogP contribution in [0.2, 0.25) is 0 Å². The van der Waals surface area contributed by atoms with E-state index in [9.17, 15) is 4.79 Å². The first-order valence-electron chi connectivity index (χ1n) is 5.63. The van der Waals surface area contributed by atoms with Crippen molar-refractivity contribution in [3.8, 4) is 0 Å². The van der Waals surface area contributed by atoms with Gasteiger partial charge in [-0.25, -0.2) is 0 Å². The van der Waals surface area contributed by atoms with E-state index in [-0.39, 0.29) is 12.5 Å². The van der Waals surface area contributed by atoms with Crippen LogP contribution < -0.4 is 5.32 Å². The number of halogens is 1. The summed E-state index contributed by atoms with van der Waals surface area (Å²) in [5.74, 6) is 0.492. The molecule has 0 spiro atoms. The average molecular weight is 296 g/mol. The Labute approximate surface area is 106 Å². The molecule has 0 saturated carbocycles. The zero-order valence-electron chi connectivity index (χ0n) is 10.1. The molecule has 0 aromatic carbocycles. The molecule has 0 fully saturated rings. The van der Waals surface area contributed by atoms with E-state index >= 15 is 0 Å². The Bertz CT molecular complexity index is 179. The first-order chi connectivity index (χ1) is 7.74. The first kappa shape index (κ1) is 15.9. The minimum atomic E-state index is -0.0517. The average Bonchev–Trinajstić information content (AvgIpc) is 2.30. The van der Waals surface area contributed by atoms with Gasteiger partial charge in [-0.15, -0.1) is 0 Å². The van der Waals surface area contributed by atoms with Gasteiger partial charge in [-0.3, -0.25) is 4.79 Å². The van der Waals surface area contributed by atoms with E-state index in [2.05, 4.69) is 28.2 Å². The smallest absolute Gasteiger partial charge is 0.246 e. The minimum absolute atomic E-state index is 0.0517. The van der Waals surface area contributed by atoms with E-state index in [1.165, 1.54) is 0 Å². The molecule has 0 heterocycles. The van der Waals surface area contributed by atoms with Crippen molar-refractivity contribution in [1.29, 1.82) is 0 Å². The van der Waals surface area contributed by atoms with Crippen molar-refractivity contribution >= 4 is 21.8 Å². The van der Waals surface area contributed by atoms with Gasteiger partial charge in [0.1, 0.15) is 6.61 Å². The van der Waals surface area contributed by atoms with Gasteiger partial charge in [-0.05, 0) is 12.3 Å². The molecule has 0 rings (SSSR count). The Balaban J connectivity index is 3.47. The molecule has 5 heteroatoms. The molecule has 1 unspecified atom stereocenters. The second-order valence-electron chi connectivity index (χ2n) is 3.60. The summed E-state index contributed by atoms with van der Waals surface area (Å²) in [6, 6.07) is 0. The molecule has 0 radical (unpaired) electrons.